The number of fused-ring (bicyclic) bond motifs is 2. The van der Waals surface area contributed by atoms with E-state index in [1.54, 1.807) is 24.3 Å². The molecule has 0 radical (unpaired) electrons. The molecule has 0 aliphatic carbocycles. The predicted octanol–water partition coefficient (Wildman–Crippen LogP) is 4.72. The Bertz CT molecular complexity index is 4480. The number of Topliss-reactive ketones (excluding diaryl/α,β-unsaturated/α-hetero) is 5. The van der Waals surface area contributed by atoms with Crippen molar-refractivity contribution in [2.75, 3.05) is 187 Å². The number of H-pyrrole nitrogens is 2. The number of hydrogen-bond donors (Lipinski definition) is 14. The molecule has 0 saturated carbocycles. The first-order chi connectivity index (χ1) is 66.4. The normalized spacial score (nSPS) is 11.8. The first-order valence-corrected chi connectivity index (χ1v) is 47.2. The van der Waals surface area contributed by atoms with Gasteiger partial charge < -0.3 is 112 Å². The Morgan fingerprint density at radius 2 is 0.664 bits per heavy atom. The Hall–Kier alpha value is -11.7. The molecule has 6 aromatic rings. The van der Waals surface area contributed by atoms with E-state index >= 15 is 0 Å². The summed E-state index contributed by atoms with van der Waals surface area (Å²) in [4.78, 5) is 207. The van der Waals surface area contributed by atoms with Gasteiger partial charge in [0.2, 0.25) is 29.6 Å². The van der Waals surface area contributed by atoms with E-state index in [4.69, 9.17) is 59.8 Å². The van der Waals surface area contributed by atoms with Crippen LogP contribution in [-0.2, 0) is 104 Å². The molecule has 4 aromatic heterocycles. The molecule has 0 aliphatic rings. The lowest BCUT2D eigenvalue weighted by Gasteiger charge is -2.22. The minimum Gasteiger partial charge on any atom is -0.480 e. The number of amides is 5. The number of nitrogens with two attached hydrogens (primary N) is 3. The monoisotopic (exact) mass is 1920 g/mol. The van der Waals surface area contributed by atoms with Crippen LogP contribution in [0.5, 0.6) is 0 Å². The fourth-order valence-electron chi connectivity index (χ4n) is 13.5. The van der Waals surface area contributed by atoms with Gasteiger partial charge in [0, 0.05) is 185 Å². The number of ether oxygens (including phenoxy) is 9. The summed E-state index contributed by atoms with van der Waals surface area (Å²) in [7, 11) is 0. The summed E-state index contributed by atoms with van der Waals surface area (Å²) >= 11 is 0. The van der Waals surface area contributed by atoms with E-state index in [1.165, 1.54) is 36.7 Å². The summed E-state index contributed by atoms with van der Waals surface area (Å²) in [5.74, 6) is -4.57. The van der Waals surface area contributed by atoms with Crippen molar-refractivity contribution in [1.82, 2.24) is 71.4 Å². The summed E-state index contributed by atoms with van der Waals surface area (Å²) in [6.45, 7) is 10.7. The Balaban J connectivity index is 0.680. The fourth-order valence-corrected chi connectivity index (χ4v) is 13.5. The van der Waals surface area contributed by atoms with Crippen LogP contribution < -0.4 is 65.5 Å². The van der Waals surface area contributed by atoms with Crippen LogP contribution in [0.2, 0.25) is 0 Å². The number of carboxylic acid groups (broad SMARTS) is 2. The molecule has 6 rings (SSSR count). The van der Waals surface area contributed by atoms with Crippen molar-refractivity contribution in [3.63, 3.8) is 0 Å². The number of aromatic amines is 2. The zero-order chi connectivity index (χ0) is 98.7. The maximum absolute atomic E-state index is 13.0. The maximum Gasteiger partial charge on any atom is 0.326 e. The molecule has 17 N–H and O–H groups in total. The minimum absolute atomic E-state index is 0.00231. The van der Waals surface area contributed by atoms with E-state index in [-0.39, 0.29) is 189 Å². The molecule has 0 fully saturated rings. The third-order valence-electron chi connectivity index (χ3n) is 21.1. The number of carboxylic acids is 2. The summed E-state index contributed by atoms with van der Waals surface area (Å²) in [6, 6.07) is 10.1. The highest BCUT2D eigenvalue weighted by molar-refractivity contribution is 5.98. The van der Waals surface area contributed by atoms with Crippen molar-refractivity contribution in [3.8, 4) is 0 Å². The number of aromatic nitrogens is 8. The number of rotatable bonds is 84. The smallest absolute Gasteiger partial charge is 0.326 e. The molecular weight excluding hydrogens is 1780 g/mol. The van der Waals surface area contributed by atoms with Gasteiger partial charge in [-0.25, -0.2) is 29.5 Å². The van der Waals surface area contributed by atoms with Gasteiger partial charge in [-0.2, -0.15) is 9.97 Å². The van der Waals surface area contributed by atoms with Crippen LogP contribution in [0.1, 0.15) is 212 Å². The van der Waals surface area contributed by atoms with E-state index in [2.05, 4.69) is 77.1 Å². The van der Waals surface area contributed by atoms with Gasteiger partial charge in [-0.15, -0.1) is 0 Å². The molecule has 756 valence electrons. The molecule has 44 heteroatoms. The molecule has 0 spiro atoms. The number of carbonyl (C=O) groups is 12. The summed E-state index contributed by atoms with van der Waals surface area (Å²) in [5, 5.41) is 39.4. The van der Waals surface area contributed by atoms with Gasteiger partial charge >= 0.3 is 11.9 Å². The van der Waals surface area contributed by atoms with Gasteiger partial charge in [-0.1, -0.05) is 0 Å². The third kappa shape index (κ3) is 52.4. The van der Waals surface area contributed by atoms with Gasteiger partial charge in [0.05, 0.1) is 116 Å². The number of benzene rings is 2. The molecule has 2 unspecified atom stereocenters. The summed E-state index contributed by atoms with van der Waals surface area (Å²) < 4.78 is 50.4. The van der Waals surface area contributed by atoms with E-state index < -0.39 is 47.0 Å². The Morgan fingerprint density at radius 1 is 0.350 bits per heavy atom. The van der Waals surface area contributed by atoms with Gasteiger partial charge in [0.25, 0.3) is 22.9 Å². The molecule has 137 heavy (non-hydrogen) atoms. The Morgan fingerprint density at radius 3 is 1.04 bits per heavy atom. The molecule has 2 aromatic carbocycles. The van der Waals surface area contributed by atoms with Crippen molar-refractivity contribution in [3.05, 3.63) is 104 Å². The van der Waals surface area contributed by atoms with Crippen molar-refractivity contribution in [2.45, 2.75) is 205 Å². The van der Waals surface area contributed by atoms with E-state index in [9.17, 15) is 77.3 Å². The molecule has 4 heterocycles. The van der Waals surface area contributed by atoms with Crippen molar-refractivity contribution >= 4 is 116 Å². The van der Waals surface area contributed by atoms with Crippen LogP contribution in [0.4, 0.5) is 23.3 Å². The lowest BCUT2D eigenvalue weighted by atomic mass is 10.0. The minimum atomic E-state index is -1.27. The van der Waals surface area contributed by atoms with E-state index in [1.807, 2.05) is 4.90 Å². The van der Waals surface area contributed by atoms with Crippen LogP contribution in [0.15, 0.2) is 70.5 Å². The lowest BCUT2D eigenvalue weighted by Crippen LogP contribution is -2.41. The largest absolute Gasteiger partial charge is 0.480 e. The number of nitrogens with zero attached hydrogens (tertiary/aromatic N) is 7. The number of carbonyl (C=O) groups excluding carboxylic acids is 10. The molecule has 44 nitrogen and oxygen atoms in total. The quantitative estimate of drug-likeness (QED) is 0.0230. The number of nitrogens with one attached hydrogen (secondary N) is 9. The molecule has 0 aliphatic heterocycles. The number of hydrogen-bond acceptors (Lipinski definition) is 35. The van der Waals surface area contributed by atoms with Crippen LogP contribution in [0.3, 0.4) is 0 Å². The van der Waals surface area contributed by atoms with Crippen molar-refractivity contribution < 1.29 is 110 Å². The summed E-state index contributed by atoms with van der Waals surface area (Å²) in [6.07, 6.45) is 12.9. The second kappa shape index (κ2) is 70.0. The van der Waals surface area contributed by atoms with Gasteiger partial charge in [-0.3, -0.25) is 67.5 Å². The van der Waals surface area contributed by atoms with E-state index in [0.29, 0.717) is 277 Å². The van der Waals surface area contributed by atoms with Crippen molar-refractivity contribution in [1.29, 1.82) is 0 Å². The van der Waals surface area contributed by atoms with Crippen LogP contribution in [-0.4, -0.2) is 302 Å². The second-order valence-electron chi connectivity index (χ2n) is 32.4. The number of ketones is 5. The summed E-state index contributed by atoms with van der Waals surface area (Å²) in [5.41, 5.74) is 18.7. The SMILES string of the molecule is NCCCOCCOCCOCCCN(CCC(=O)NCCCC(=O)CCCC(=O)CCCCOCCOCCOCCCCC(=O)CCC(NC(=O)c1ccc(NCc2cnc3c(=O)[nH]c(N)nc3n2)cc1)C(=O)O)CCC(=O)NCCCC(=O)CCCC(=O)NCCCOCCOCCOCCCCC(=O)CCC(NC(=O)c1ccc(NCc2cnc3c(=O)[nH]c(N)nc3n2)cc1)C(=O)O. The Labute approximate surface area is 795 Å². The lowest BCUT2D eigenvalue weighted by molar-refractivity contribution is -0.140. The Kier molecular flexibility index (Phi) is 58.2. The zero-order valence-corrected chi connectivity index (χ0v) is 78.5. The zero-order valence-electron chi connectivity index (χ0n) is 78.5. The molecule has 5 amide bonds. The fraction of sp³-hybridized carbons (Fsp3) is 0.613. The number of anilines is 4. The highest BCUT2D eigenvalue weighted by Gasteiger charge is 2.25. The standard InChI is InChI=1S/C93H139N19O25/c94-37-11-47-132-53-59-137-61-55-134-49-13-41-112(42-35-80(119)97-38-9-20-73(114)18-7-17-72(113)14-1-4-44-129-50-56-135-57-51-130-45-5-2-15-75(116)31-33-77(90(125)126)106-86(121)66-23-27-68(28-24-66)100-62-70-64-102-82-84(104-70)108-92(95)110-88(82)123)43-36-81(120)98-39-10-21-74(115)19-8-22-79(118)99-40-12-48-133-54-60-136-58-52-131-46-6-3-16-76(117)32-34-78(91(127)128)107-87(122)67-25-29-69(30-26-67)101-63-71-65-103-83-85(105-71)109-93(96)111-89(83)124/h23-30,64-65,77-78,100-101H,1-22,31-63,94H2,(H,97,119)(H,98,120)(H,99,118)(H,106,121)(H,107,122)(H,125,126)(H,127,128)(H3,95,104,108,110,123)(H3,96,105,109,111,124). The molecule has 0 saturated heterocycles. The van der Waals surface area contributed by atoms with Crippen molar-refractivity contribution in [2.24, 2.45) is 5.73 Å². The maximum atomic E-state index is 13.0. The molecular formula is C93H139N19O25. The first kappa shape index (κ1) is 114. The average molecular weight is 1920 g/mol. The third-order valence-corrected chi connectivity index (χ3v) is 21.1. The van der Waals surface area contributed by atoms with E-state index in [0.717, 1.165) is 6.42 Å². The topological polar surface area (TPSA) is 637 Å². The molecule has 0 bridgehead atoms. The van der Waals surface area contributed by atoms with Crippen LogP contribution in [0, 0.1) is 0 Å². The predicted molar refractivity (Wildman–Crippen MR) is 506 cm³/mol. The van der Waals surface area contributed by atoms with Gasteiger partial charge in [0.1, 0.15) is 41.0 Å². The first-order valence-electron chi connectivity index (χ1n) is 47.2. The van der Waals surface area contributed by atoms with Crippen LogP contribution in [0.25, 0.3) is 22.3 Å². The van der Waals surface area contributed by atoms with Gasteiger partial charge in [0.15, 0.2) is 22.3 Å². The second-order valence-corrected chi connectivity index (χ2v) is 32.4. The highest BCUT2D eigenvalue weighted by Crippen LogP contribution is 2.18. The number of nitrogen functional groups attached to an aromatic ring is 2. The average Bonchev–Trinajstić information content (AvgIpc) is 0.814. The molecule has 2 atom stereocenters. The highest BCUT2D eigenvalue weighted by atomic mass is 16.6. The number of unbranched alkanes of at least 4 members (excludes halogenated alkanes) is 3. The van der Waals surface area contributed by atoms with Gasteiger partial charge in [-0.05, 0) is 151 Å². The van der Waals surface area contributed by atoms with Crippen LogP contribution >= 0.6 is 0 Å². The number of aliphatic carboxylic acids is 2.